The topological polar surface area (TPSA) is 95.6 Å². The normalized spacial score (nSPS) is 10.4. The molecule has 0 atom stereocenters. The van der Waals surface area contributed by atoms with Crippen molar-refractivity contribution in [1.29, 1.82) is 0 Å². The molecule has 2 heterocycles. The van der Waals surface area contributed by atoms with Crippen molar-refractivity contribution in [2.45, 2.75) is 6.92 Å². The van der Waals surface area contributed by atoms with E-state index < -0.39 is 0 Å². The van der Waals surface area contributed by atoms with E-state index in [1.807, 2.05) is 6.92 Å². The molecule has 0 spiro atoms. The highest BCUT2D eigenvalue weighted by atomic mass is 15.4. The third-order valence-electron chi connectivity index (χ3n) is 1.76. The molecule has 14 heavy (non-hydrogen) atoms. The van der Waals surface area contributed by atoms with Crippen molar-refractivity contribution in [2.75, 3.05) is 11.5 Å². The van der Waals surface area contributed by atoms with E-state index in [-0.39, 0.29) is 0 Å². The number of aromatic nitrogens is 4. The summed E-state index contributed by atoms with van der Waals surface area (Å²) in [4.78, 5) is 8.07. The van der Waals surface area contributed by atoms with Crippen molar-refractivity contribution in [3.8, 4) is 5.95 Å². The lowest BCUT2D eigenvalue weighted by molar-refractivity contribution is 0.788. The van der Waals surface area contributed by atoms with Gasteiger partial charge in [0.15, 0.2) is 0 Å². The Morgan fingerprint density at radius 2 is 2.07 bits per heavy atom. The van der Waals surface area contributed by atoms with Crippen LogP contribution >= 0.6 is 0 Å². The summed E-state index contributed by atoms with van der Waals surface area (Å²) in [6.45, 7) is 1.87. The second-order valence-electron chi connectivity index (χ2n) is 2.90. The lowest BCUT2D eigenvalue weighted by Gasteiger charge is -2.01. The van der Waals surface area contributed by atoms with E-state index >= 15 is 0 Å². The average molecular weight is 190 g/mol. The van der Waals surface area contributed by atoms with Crippen LogP contribution in [0.25, 0.3) is 5.95 Å². The number of nitrogen functional groups attached to an aromatic ring is 2. The van der Waals surface area contributed by atoms with E-state index in [1.165, 1.54) is 0 Å². The van der Waals surface area contributed by atoms with E-state index in [0.29, 0.717) is 17.6 Å². The van der Waals surface area contributed by atoms with Gasteiger partial charge in [-0.15, -0.1) is 5.10 Å². The molecule has 72 valence electrons. The average Bonchev–Trinajstić information content (AvgIpc) is 2.45. The first-order valence-corrected chi connectivity index (χ1v) is 4.08. The largest absolute Gasteiger partial charge is 0.384 e. The number of hydrogen-bond acceptors (Lipinski definition) is 5. The summed E-state index contributed by atoms with van der Waals surface area (Å²) < 4.78 is 1.55. The maximum absolute atomic E-state index is 5.54. The van der Waals surface area contributed by atoms with Gasteiger partial charge >= 0.3 is 0 Å². The van der Waals surface area contributed by atoms with Gasteiger partial charge in [-0.1, -0.05) is 0 Å². The Balaban J connectivity index is 2.54. The van der Waals surface area contributed by atoms with Gasteiger partial charge in [0.25, 0.3) is 5.95 Å². The zero-order chi connectivity index (χ0) is 10.1. The fraction of sp³-hybridized carbons (Fsp3) is 0.125. The molecule has 0 radical (unpaired) electrons. The monoisotopic (exact) mass is 190 g/mol. The molecule has 0 unspecified atom stereocenters. The fourth-order valence-corrected chi connectivity index (χ4v) is 1.16. The van der Waals surface area contributed by atoms with Gasteiger partial charge in [-0.05, 0) is 13.0 Å². The van der Waals surface area contributed by atoms with Gasteiger partial charge in [0.1, 0.15) is 11.6 Å². The van der Waals surface area contributed by atoms with E-state index in [9.17, 15) is 0 Å². The summed E-state index contributed by atoms with van der Waals surface area (Å²) in [5.74, 6) is 1.27. The highest BCUT2D eigenvalue weighted by Gasteiger charge is 2.06. The molecule has 0 saturated heterocycles. The predicted octanol–water partition coefficient (Wildman–Crippen LogP) is 0.135. The first-order valence-electron chi connectivity index (χ1n) is 4.08. The molecule has 0 bridgehead atoms. The summed E-state index contributed by atoms with van der Waals surface area (Å²) in [6, 6.07) is 3.36. The Labute approximate surface area is 80.6 Å². The number of hydrogen-bond donors (Lipinski definition) is 2. The van der Waals surface area contributed by atoms with Crippen molar-refractivity contribution in [2.24, 2.45) is 0 Å². The van der Waals surface area contributed by atoms with Crippen LogP contribution in [0.15, 0.2) is 18.3 Å². The van der Waals surface area contributed by atoms with Crippen LogP contribution < -0.4 is 11.5 Å². The second kappa shape index (κ2) is 2.99. The third kappa shape index (κ3) is 1.37. The number of anilines is 2. The van der Waals surface area contributed by atoms with Gasteiger partial charge in [-0.2, -0.15) is 4.98 Å². The maximum Gasteiger partial charge on any atom is 0.252 e. The third-order valence-corrected chi connectivity index (χ3v) is 1.76. The molecule has 0 aliphatic heterocycles. The van der Waals surface area contributed by atoms with E-state index in [4.69, 9.17) is 11.5 Å². The molecule has 0 saturated carbocycles. The molecule has 2 rings (SSSR count). The summed E-state index contributed by atoms with van der Waals surface area (Å²) in [6.07, 6.45) is 1.58. The quantitative estimate of drug-likeness (QED) is 0.666. The molecule has 0 fully saturated rings. The maximum atomic E-state index is 5.54. The number of aryl methyl sites for hydroxylation is 1. The van der Waals surface area contributed by atoms with Crippen LogP contribution in [-0.2, 0) is 0 Å². The zero-order valence-corrected chi connectivity index (χ0v) is 7.68. The van der Waals surface area contributed by atoms with Crippen LogP contribution in [0.5, 0.6) is 0 Å². The van der Waals surface area contributed by atoms with E-state index in [1.54, 1.807) is 23.0 Å². The van der Waals surface area contributed by atoms with Crippen molar-refractivity contribution in [3.63, 3.8) is 0 Å². The van der Waals surface area contributed by atoms with Gasteiger partial charge in [0, 0.05) is 18.0 Å². The van der Waals surface area contributed by atoms with Crippen LogP contribution in [0.4, 0.5) is 11.6 Å². The molecule has 0 aromatic carbocycles. The predicted molar refractivity (Wildman–Crippen MR) is 52.7 cm³/mol. The first-order chi connectivity index (χ1) is 6.66. The molecule has 0 aliphatic carbocycles. The molecular formula is C8H10N6. The van der Waals surface area contributed by atoms with Crippen LogP contribution in [0.2, 0.25) is 0 Å². The Kier molecular flexibility index (Phi) is 1.81. The highest BCUT2D eigenvalue weighted by Crippen LogP contribution is 2.09. The number of nitrogens with two attached hydrogens (primary N) is 2. The minimum atomic E-state index is 0.406. The summed E-state index contributed by atoms with van der Waals surface area (Å²) >= 11 is 0. The Morgan fingerprint density at radius 1 is 1.29 bits per heavy atom. The smallest absolute Gasteiger partial charge is 0.252 e. The van der Waals surface area contributed by atoms with Crippen LogP contribution in [-0.4, -0.2) is 19.7 Å². The molecular weight excluding hydrogens is 180 g/mol. The highest BCUT2D eigenvalue weighted by molar-refractivity contribution is 5.35. The van der Waals surface area contributed by atoms with Crippen molar-refractivity contribution in [1.82, 2.24) is 19.7 Å². The van der Waals surface area contributed by atoms with Gasteiger partial charge in [0.2, 0.25) is 0 Å². The summed E-state index contributed by atoms with van der Waals surface area (Å²) in [7, 11) is 0. The summed E-state index contributed by atoms with van der Waals surface area (Å²) in [5, 5.41) is 4.04. The lowest BCUT2D eigenvalue weighted by atomic mass is 10.5. The zero-order valence-electron chi connectivity index (χ0n) is 7.68. The summed E-state index contributed by atoms with van der Waals surface area (Å²) in [5.41, 5.74) is 11.9. The molecule has 2 aromatic rings. The Morgan fingerprint density at radius 3 is 2.64 bits per heavy atom. The van der Waals surface area contributed by atoms with Gasteiger partial charge < -0.3 is 11.5 Å². The molecule has 6 heteroatoms. The second-order valence-corrected chi connectivity index (χ2v) is 2.90. The fourth-order valence-electron chi connectivity index (χ4n) is 1.16. The van der Waals surface area contributed by atoms with Crippen LogP contribution in [0.1, 0.15) is 5.69 Å². The molecule has 2 aromatic heterocycles. The van der Waals surface area contributed by atoms with Crippen molar-refractivity contribution < 1.29 is 0 Å². The number of nitrogens with zero attached hydrogens (tertiary/aromatic N) is 4. The van der Waals surface area contributed by atoms with Gasteiger partial charge in [-0.3, -0.25) is 0 Å². The van der Waals surface area contributed by atoms with Gasteiger partial charge in [-0.25, -0.2) is 9.67 Å². The molecule has 0 aliphatic rings. The van der Waals surface area contributed by atoms with Crippen molar-refractivity contribution >= 4 is 11.6 Å². The standard InChI is InChI=1S/C8H10N6/c1-5-4-7(10)13-14(5)8-11-3-2-6(9)12-8/h2-4H,1H3,(H2,10,13)(H2,9,11,12). The molecule has 0 amide bonds. The van der Waals surface area contributed by atoms with E-state index in [2.05, 4.69) is 15.1 Å². The SMILES string of the molecule is Cc1cc(N)nn1-c1nccc(N)n1. The van der Waals surface area contributed by atoms with Crippen LogP contribution in [0.3, 0.4) is 0 Å². The first kappa shape index (κ1) is 8.49. The Hall–Kier alpha value is -2.11. The minimum absolute atomic E-state index is 0.406. The van der Waals surface area contributed by atoms with E-state index in [0.717, 1.165) is 5.69 Å². The Bertz CT molecular complexity index is 461. The van der Waals surface area contributed by atoms with Crippen molar-refractivity contribution in [3.05, 3.63) is 24.0 Å². The number of rotatable bonds is 1. The minimum Gasteiger partial charge on any atom is -0.384 e. The van der Waals surface area contributed by atoms with Crippen LogP contribution in [0, 0.1) is 6.92 Å². The van der Waals surface area contributed by atoms with Gasteiger partial charge in [0.05, 0.1) is 0 Å². The lowest BCUT2D eigenvalue weighted by Crippen LogP contribution is -2.06. The molecule has 6 nitrogen and oxygen atoms in total. The molecule has 4 N–H and O–H groups in total.